The summed E-state index contributed by atoms with van der Waals surface area (Å²) in [4.78, 5) is 5.40. The van der Waals surface area contributed by atoms with E-state index in [4.69, 9.17) is 5.73 Å². The van der Waals surface area contributed by atoms with Crippen molar-refractivity contribution >= 4 is 0 Å². The average molecular weight is 167 g/mol. The van der Waals surface area contributed by atoms with Gasteiger partial charge in [0, 0.05) is 24.0 Å². The molecule has 3 heteroatoms. The highest BCUT2D eigenvalue weighted by atomic mass is 15.1. The van der Waals surface area contributed by atoms with E-state index in [1.807, 2.05) is 27.1 Å². The third-order valence-corrected chi connectivity index (χ3v) is 1.75. The summed E-state index contributed by atoms with van der Waals surface area (Å²) in [5.74, 6) is 0. The molecule has 0 aliphatic rings. The Hall–Kier alpha value is -0.800. The molecule has 0 aliphatic carbocycles. The fourth-order valence-corrected chi connectivity index (χ4v) is 1.16. The van der Waals surface area contributed by atoms with Crippen LogP contribution < -0.4 is 5.73 Å². The number of H-pyrrole nitrogens is 1. The summed E-state index contributed by atoms with van der Waals surface area (Å²) in [6.45, 7) is 2.91. The average Bonchev–Trinajstić information content (AvgIpc) is 2.34. The van der Waals surface area contributed by atoms with Crippen molar-refractivity contribution in [2.75, 3.05) is 14.1 Å². The van der Waals surface area contributed by atoms with Crippen LogP contribution in [0.15, 0.2) is 12.1 Å². The Morgan fingerprint density at radius 1 is 1.50 bits per heavy atom. The lowest BCUT2D eigenvalue weighted by molar-refractivity contribution is 0.397. The van der Waals surface area contributed by atoms with Crippen molar-refractivity contribution in [1.82, 2.24) is 9.88 Å². The molecule has 0 radical (unpaired) electrons. The minimum Gasteiger partial charge on any atom is -0.360 e. The topological polar surface area (TPSA) is 45.0 Å². The van der Waals surface area contributed by atoms with Gasteiger partial charge in [-0.05, 0) is 33.2 Å². The monoisotopic (exact) mass is 167 g/mol. The quantitative estimate of drug-likeness (QED) is 0.708. The Labute approximate surface area is 73.6 Å². The van der Waals surface area contributed by atoms with Gasteiger partial charge in [0.05, 0.1) is 0 Å². The Morgan fingerprint density at radius 2 is 2.17 bits per heavy atom. The first-order valence-corrected chi connectivity index (χ1v) is 4.17. The maximum atomic E-state index is 5.71. The maximum absolute atomic E-state index is 5.71. The third kappa shape index (κ3) is 2.36. The largest absolute Gasteiger partial charge is 0.360 e. The van der Waals surface area contributed by atoms with E-state index in [-0.39, 0.29) is 6.04 Å². The molecule has 0 bridgehead atoms. The zero-order valence-corrected chi connectivity index (χ0v) is 7.96. The molecule has 1 rings (SSSR count). The Kier molecular flexibility index (Phi) is 2.89. The second kappa shape index (κ2) is 3.74. The molecule has 1 aromatic rings. The lowest BCUT2D eigenvalue weighted by Crippen LogP contribution is -2.11. The molecule has 0 fully saturated rings. The zero-order valence-electron chi connectivity index (χ0n) is 7.96. The first-order valence-electron chi connectivity index (χ1n) is 4.17. The van der Waals surface area contributed by atoms with E-state index in [1.165, 1.54) is 5.69 Å². The molecular formula is C9H17N3. The van der Waals surface area contributed by atoms with E-state index in [1.54, 1.807) is 0 Å². The van der Waals surface area contributed by atoms with E-state index in [0.29, 0.717) is 0 Å². The standard InChI is InChI=1S/C9H17N3/c1-7(10)9-5-4-8(11-9)6-12(2)3/h4-5,7,11H,6,10H2,1-3H3/t7-/m0/s1. The summed E-state index contributed by atoms with van der Waals surface area (Å²) in [6, 6.07) is 4.23. The van der Waals surface area contributed by atoms with Gasteiger partial charge >= 0.3 is 0 Å². The first kappa shape index (κ1) is 9.29. The van der Waals surface area contributed by atoms with Crippen molar-refractivity contribution in [2.45, 2.75) is 19.5 Å². The Morgan fingerprint density at radius 3 is 2.58 bits per heavy atom. The van der Waals surface area contributed by atoms with Crippen LogP contribution in [0.5, 0.6) is 0 Å². The summed E-state index contributed by atoms with van der Waals surface area (Å²) in [5.41, 5.74) is 8.03. The molecule has 0 unspecified atom stereocenters. The van der Waals surface area contributed by atoms with Crippen molar-refractivity contribution in [3.8, 4) is 0 Å². The van der Waals surface area contributed by atoms with E-state index in [0.717, 1.165) is 12.2 Å². The van der Waals surface area contributed by atoms with E-state index < -0.39 is 0 Å². The van der Waals surface area contributed by atoms with Gasteiger partial charge in [-0.25, -0.2) is 0 Å². The van der Waals surface area contributed by atoms with Crippen molar-refractivity contribution in [2.24, 2.45) is 5.73 Å². The van der Waals surface area contributed by atoms with Crippen LogP contribution in [-0.2, 0) is 6.54 Å². The molecule has 1 heterocycles. The van der Waals surface area contributed by atoms with Gasteiger partial charge in [-0.15, -0.1) is 0 Å². The summed E-state index contributed by atoms with van der Waals surface area (Å²) in [7, 11) is 4.10. The molecule has 0 saturated heterocycles. The molecule has 0 aliphatic heterocycles. The minimum atomic E-state index is 0.0981. The van der Waals surface area contributed by atoms with Gasteiger partial charge < -0.3 is 15.6 Å². The predicted octanol–water partition coefficient (Wildman–Crippen LogP) is 1.10. The number of aromatic nitrogens is 1. The molecule has 3 nitrogen and oxygen atoms in total. The molecule has 0 spiro atoms. The first-order chi connectivity index (χ1) is 5.59. The van der Waals surface area contributed by atoms with Gasteiger partial charge in [0.25, 0.3) is 0 Å². The van der Waals surface area contributed by atoms with Gasteiger partial charge in [-0.1, -0.05) is 0 Å². The minimum absolute atomic E-state index is 0.0981. The number of nitrogens with two attached hydrogens (primary N) is 1. The van der Waals surface area contributed by atoms with Gasteiger partial charge in [0.15, 0.2) is 0 Å². The second-order valence-corrected chi connectivity index (χ2v) is 3.47. The van der Waals surface area contributed by atoms with Gasteiger partial charge in [-0.3, -0.25) is 0 Å². The smallest absolute Gasteiger partial charge is 0.0419 e. The van der Waals surface area contributed by atoms with Gasteiger partial charge in [-0.2, -0.15) is 0 Å². The van der Waals surface area contributed by atoms with Crippen LogP contribution in [0.4, 0.5) is 0 Å². The van der Waals surface area contributed by atoms with Crippen LogP contribution in [-0.4, -0.2) is 24.0 Å². The van der Waals surface area contributed by atoms with Crippen molar-refractivity contribution in [3.63, 3.8) is 0 Å². The molecule has 1 atom stereocenters. The Balaban J connectivity index is 2.64. The summed E-state index contributed by atoms with van der Waals surface area (Å²) < 4.78 is 0. The molecule has 0 amide bonds. The van der Waals surface area contributed by atoms with E-state index in [9.17, 15) is 0 Å². The van der Waals surface area contributed by atoms with Crippen LogP contribution in [0.3, 0.4) is 0 Å². The van der Waals surface area contributed by atoms with Crippen LogP contribution in [0.1, 0.15) is 24.4 Å². The molecule has 1 aromatic heterocycles. The molecular weight excluding hydrogens is 150 g/mol. The van der Waals surface area contributed by atoms with Crippen LogP contribution >= 0.6 is 0 Å². The predicted molar refractivity (Wildman–Crippen MR) is 50.8 cm³/mol. The number of hydrogen-bond acceptors (Lipinski definition) is 2. The number of nitrogens with one attached hydrogen (secondary N) is 1. The third-order valence-electron chi connectivity index (χ3n) is 1.75. The highest BCUT2D eigenvalue weighted by Crippen LogP contribution is 2.09. The molecule has 0 saturated carbocycles. The summed E-state index contributed by atoms with van der Waals surface area (Å²) in [6.07, 6.45) is 0. The molecule has 12 heavy (non-hydrogen) atoms. The number of rotatable bonds is 3. The van der Waals surface area contributed by atoms with Crippen molar-refractivity contribution in [1.29, 1.82) is 0 Å². The van der Waals surface area contributed by atoms with Crippen molar-refractivity contribution < 1.29 is 0 Å². The van der Waals surface area contributed by atoms with Crippen LogP contribution in [0.2, 0.25) is 0 Å². The normalized spacial score (nSPS) is 13.8. The number of aromatic amines is 1. The van der Waals surface area contributed by atoms with Crippen LogP contribution in [0.25, 0.3) is 0 Å². The highest BCUT2D eigenvalue weighted by Gasteiger charge is 2.02. The fourth-order valence-electron chi connectivity index (χ4n) is 1.16. The summed E-state index contributed by atoms with van der Waals surface area (Å²) in [5, 5.41) is 0. The van der Waals surface area contributed by atoms with Gasteiger partial charge in [0.2, 0.25) is 0 Å². The lowest BCUT2D eigenvalue weighted by atomic mass is 10.3. The Bertz CT molecular complexity index is 238. The fraction of sp³-hybridized carbons (Fsp3) is 0.556. The van der Waals surface area contributed by atoms with Crippen LogP contribution in [0, 0.1) is 0 Å². The van der Waals surface area contributed by atoms with Gasteiger partial charge in [0.1, 0.15) is 0 Å². The lowest BCUT2D eigenvalue weighted by Gasteiger charge is -2.07. The number of hydrogen-bond donors (Lipinski definition) is 2. The van der Waals surface area contributed by atoms with E-state index in [2.05, 4.69) is 16.0 Å². The highest BCUT2D eigenvalue weighted by molar-refractivity contribution is 5.15. The van der Waals surface area contributed by atoms with E-state index >= 15 is 0 Å². The van der Waals surface area contributed by atoms with Crippen molar-refractivity contribution in [3.05, 3.63) is 23.5 Å². The maximum Gasteiger partial charge on any atom is 0.0419 e. The molecule has 3 N–H and O–H groups in total. The molecule has 68 valence electrons. The SMILES string of the molecule is C[C@H](N)c1ccc(CN(C)C)[nH]1. The molecule has 0 aromatic carbocycles. The second-order valence-electron chi connectivity index (χ2n) is 3.47. The number of nitrogens with zero attached hydrogens (tertiary/aromatic N) is 1. The summed E-state index contributed by atoms with van der Waals surface area (Å²) >= 11 is 0. The zero-order chi connectivity index (χ0) is 9.14.